The number of rotatable bonds is 14. The molecule has 0 heterocycles. The van der Waals surface area contributed by atoms with Crippen LogP contribution in [0.2, 0.25) is 0 Å². The van der Waals surface area contributed by atoms with E-state index in [1.54, 1.807) is 38.5 Å². The van der Waals surface area contributed by atoms with Crippen molar-refractivity contribution in [2.45, 2.75) is 56.8 Å². The largest absolute Gasteiger partial charge is 0.493 e. The first kappa shape index (κ1) is 26.8. The second kappa shape index (κ2) is 13.9. The predicted molar refractivity (Wildman–Crippen MR) is 134 cm³/mol. The average molecular weight is 487 g/mol. The molecule has 8 nitrogen and oxygen atoms in total. The first-order valence-corrected chi connectivity index (χ1v) is 12.2. The maximum absolute atomic E-state index is 11.0. The molecule has 0 aromatic heterocycles. The Morgan fingerprint density at radius 2 is 1.77 bits per heavy atom. The van der Waals surface area contributed by atoms with Crippen LogP contribution in [0.3, 0.4) is 0 Å². The SMILES string of the molecule is COc1ccc(CCO[C@H]2CCCC[C@H]2NC[C@H](O)COc2ccc(CC(N)=O)cc2)cc1OC. The number of aliphatic hydroxyl groups excluding tert-OH is 1. The summed E-state index contributed by atoms with van der Waals surface area (Å²) < 4.78 is 22.6. The summed E-state index contributed by atoms with van der Waals surface area (Å²) in [6, 6.07) is 13.3. The number of benzene rings is 2. The number of carbonyl (C=O) groups is 1. The number of amides is 1. The highest BCUT2D eigenvalue weighted by molar-refractivity contribution is 5.76. The van der Waals surface area contributed by atoms with Gasteiger partial charge in [0.15, 0.2) is 11.5 Å². The molecule has 0 bridgehead atoms. The van der Waals surface area contributed by atoms with E-state index >= 15 is 0 Å². The van der Waals surface area contributed by atoms with E-state index in [0.29, 0.717) is 18.9 Å². The molecule has 2 aromatic rings. The molecule has 3 rings (SSSR count). The van der Waals surface area contributed by atoms with Gasteiger partial charge in [0.2, 0.25) is 5.91 Å². The molecule has 8 heteroatoms. The predicted octanol–water partition coefficient (Wildman–Crippen LogP) is 2.63. The van der Waals surface area contributed by atoms with Crippen LogP contribution >= 0.6 is 0 Å². The molecule has 1 amide bonds. The molecule has 0 spiro atoms. The summed E-state index contributed by atoms with van der Waals surface area (Å²) in [5, 5.41) is 13.9. The van der Waals surface area contributed by atoms with Crippen molar-refractivity contribution >= 4 is 5.91 Å². The lowest BCUT2D eigenvalue weighted by atomic mass is 9.92. The summed E-state index contributed by atoms with van der Waals surface area (Å²) in [6.07, 6.45) is 4.80. The number of methoxy groups -OCH3 is 2. The standard InChI is InChI=1S/C27H38N2O6/c1-32-25-12-9-20(15-26(25)33-2)13-14-34-24-6-4-3-5-23(24)29-17-21(30)18-35-22-10-7-19(8-11-22)16-27(28)31/h7-12,15,21,23-24,29-30H,3-6,13-14,16-18H2,1-2H3,(H2,28,31)/t21-,23+,24-/m0/s1. The summed E-state index contributed by atoms with van der Waals surface area (Å²) in [5.74, 6) is 1.72. The van der Waals surface area contributed by atoms with Crippen molar-refractivity contribution in [1.82, 2.24) is 5.32 Å². The van der Waals surface area contributed by atoms with Gasteiger partial charge in [0, 0.05) is 12.6 Å². The topological polar surface area (TPSA) is 112 Å². The number of hydrogen-bond acceptors (Lipinski definition) is 7. The Kier molecular flexibility index (Phi) is 10.7. The summed E-state index contributed by atoms with van der Waals surface area (Å²) >= 11 is 0. The second-order valence-corrected chi connectivity index (χ2v) is 8.90. The summed E-state index contributed by atoms with van der Waals surface area (Å²) in [6.45, 7) is 1.23. The highest BCUT2D eigenvalue weighted by Gasteiger charge is 2.26. The Morgan fingerprint density at radius 3 is 2.49 bits per heavy atom. The summed E-state index contributed by atoms with van der Waals surface area (Å²) in [7, 11) is 3.27. The van der Waals surface area contributed by atoms with Crippen molar-refractivity contribution in [1.29, 1.82) is 0 Å². The van der Waals surface area contributed by atoms with Crippen molar-refractivity contribution in [3.63, 3.8) is 0 Å². The Bertz CT molecular complexity index is 920. The van der Waals surface area contributed by atoms with Crippen LogP contribution in [0, 0.1) is 0 Å². The molecular formula is C27H38N2O6. The van der Waals surface area contributed by atoms with E-state index in [9.17, 15) is 9.90 Å². The lowest BCUT2D eigenvalue weighted by molar-refractivity contribution is -0.117. The van der Waals surface area contributed by atoms with Crippen molar-refractivity contribution in [3.8, 4) is 17.2 Å². The molecule has 0 aliphatic heterocycles. The third kappa shape index (κ3) is 8.72. The molecule has 3 atom stereocenters. The average Bonchev–Trinajstić information content (AvgIpc) is 2.87. The maximum Gasteiger partial charge on any atom is 0.221 e. The van der Waals surface area contributed by atoms with Crippen molar-refractivity contribution < 1.29 is 28.8 Å². The van der Waals surface area contributed by atoms with E-state index in [0.717, 1.165) is 54.7 Å². The number of primary amides is 1. The molecule has 1 aliphatic rings. The summed E-state index contributed by atoms with van der Waals surface area (Å²) in [4.78, 5) is 11.0. The van der Waals surface area contributed by atoms with Gasteiger partial charge in [-0.3, -0.25) is 4.79 Å². The Labute approximate surface area is 207 Å². The first-order valence-electron chi connectivity index (χ1n) is 12.2. The smallest absolute Gasteiger partial charge is 0.221 e. The third-order valence-corrected chi connectivity index (χ3v) is 6.23. The lowest BCUT2D eigenvalue weighted by Gasteiger charge is -2.33. The van der Waals surface area contributed by atoms with Gasteiger partial charge in [-0.25, -0.2) is 0 Å². The van der Waals surface area contributed by atoms with Gasteiger partial charge in [-0.2, -0.15) is 0 Å². The first-order chi connectivity index (χ1) is 17.0. The minimum Gasteiger partial charge on any atom is -0.493 e. The van der Waals surface area contributed by atoms with Crippen LogP contribution in [0.4, 0.5) is 0 Å². The van der Waals surface area contributed by atoms with E-state index in [4.69, 9.17) is 24.7 Å². The maximum atomic E-state index is 11.0. The number of hydrogen-bond donors (Lipinski definition) is 3. The number of ether oxygens (including phenoxy) is 4. The molecule has 4 N–H and O–H groups in total. The fourth-order valence-electron chi connectivity index (χ4n) is 4.34. The Hall–Kier alpha value is -2.81. The van der Waals surface area contributed by atoms with Crippen LogP contribution in [-0.4, -0.2) is 63.2 Å². The van der Waals surface area contributed by atoms with Gasteiger partial charge < -0.3 is 35.1 Å². The van der Waals surface area contributed by atoms with E-state index < -0.39 is 6.10 Å². The molecule has 192 valence electrons. The van der Waals surface area contributed by atoms with Crippen LogP contribution in [-0.2, 0) is 22.4 Å². The van der Waals surface area contributed by atoms with Gasteiger partial charge in [-0.15, -0.1) is 0 Å². The normalized spacial score (nSPS) is 18.6. The quantitative estimate of drug-likeness (QED) is 0.376. The number of carbonyl (C=O) groups excluding carboxylic acids is 1. The zero-order chi connectivity index (χ0) is 25.0. The molecule has 2 aromatic carbocycles. The Balaban J connectivity index is 1.40. The molecule has 0 unspecified atom stereocenters. The van der Waals surface area contributed by atoms with Gasteiger partial charge >= 0.3 is 0 Å². The third-order valence-electron chi connectivity index (χ3n) is 6.23. The van der Waals surface area contributed by atoms with E-state index in [1.807, 2.05) is 18.2 Å². The highest BCUT2D eigenvalue weighted by atomic mass is 16.5. The van der Waals surface area contributed by atoms with Crippen LogP contribution in [0.1, 0.15) is 36.8 Å². The van der Waals surface area contributed by atoms with Gasteiger partial charge in [0.05, 0.1) is 33.4 Å². The molecule has 0 radical (unpaired) electrons. The monoisotopic (exact) mass is 486 g/mol. The molecule has 35 heavy (non-hydrogen) atoms. The van der Waals surface area contributed by atoms with Crippen molar-refractivity contribution in [2.75, 3.05) is 34.0 Å². The molecule has 1 saturated carbocycles. The second-order valence-electron chi connectivity index (χ2n) is 8.90. The van der Waals surface area contributed by atoms with Crippen LogP contribution in [0.15, 0.2) is 42.5 Å². The van der Waals surface area contributed by atoms with Crippen LogP contribution in [0.5, 0.6) is 17.2 Å². The molecule has 0 saturated heterocycles. The Morgan fingerprint density at radius 1 is 1.06 bits per heavy atom. The van der Waals surface area contributed by atoms with E-state index in [-0.39, 0.29) is 31.1 Å². The lowest BCUT2D eigenvalue weighted by Crippen LogP contribution is -2.47. The fraction of sp³-hybridized carbons (Fsp3) is 0.519. The minimum absolute atomic E-state index is 0.120. The zero-order valence-corrected chi connectivity index (χ0v) is 20.7. The van der Waals surface area contributed by atoms with Crippen molar-refractivity contribution in [2.24, 2.45) is 5.73 Å². The van der Waals surface area contributed by atoms with Gasteiger partial charge in [0.25, 0.3) is 0 Å². The molecular weight excluding hydrogens is 448 g/mol. The summed E-state index contributed by atoms with van der Waals surface area (Å²) in [5.41, 5.74) is 7.18. The van der Waals surface area contributed by atoms with Crippen LogP contribution in [0.25, 0.3) is 0 Å². The number of nitrogens with one attached hydrogen (secondary N) is 1. The molecule has 1 fully saturated rings. The molecule has 1 aliphatic carbocycles. The van der Waals surface area contributed by atoms with Gasteiger partial charge in [0.1, 0.15) is 18.5 Å². The van der Waals surface area contributed by atoms with Gasteiger partial charge in [-0.05, 0) is 54.7 Å². The number of aliphatic hydroxyl groups is 1. The van der Waals surface area contributed by atoms with Crippen molar-refractivity contribution in [3.05, 3.63) is 53.6 Å². The van der Waals surface area contributed by atoms with Crippen LogP contribution < -0.4 is 25.3 Å². The minimum atomic E-state index is -0.644. The fourth-order valence-corrected chi connectivity index (χ4v) is 4.34. The van der Waals surface area contributed by atoms with E-state index in [2.05, 4.69) is 5.32 Å². The number of nitrogens with two attached hydrogens (primary N) is 1. The van der Waals surface area contributed by atoms with Gasteiger partial charge in [-0.1, -0.05) is 31.0 Å². The van der Waals surface area contributed by atoms with E-state index in [1.165, 1.54) is 0 Å². The highest BCUT2D eigenvalue weighted by Crippen LogP contribution is 2.28. The zero-order valence-electron chi connectivity index (χ0n) is 20.7.